The first-order chi connectivity index (χ1) is 9.13. The van der Waals surface area contributed by atoms with Gasteiger partial charge in [-0.05, 0) is 43.1 Å². The molecule has 1 unspecified atom stereocenters. The largest absolute Gasteiger partial charge is 0.305 e. The third kappa shape index (κ3) is 3.14. The summed E-state index contributed by atoms with van der Waals surface area (Å²) in [7, 11) is 1.91. The molecule has 0 spiro atoms. The number of aromatic nitrogens is 3. The summed E-state index contributed by atoms with van der Waals surface area (Å²) in [6.45, 7) is 5.17. The lowest BCUT2D eigenvalue weighted by atomic mass is 9.99. The van der Waals surface area contributed by atoms with Crippen LogP contribution < -0.4 is 5.32 Å². The summed E-state index contributed by atoms with van der Waals surface area (Å²) in [5.74, 6) is 0. The van der Waals surface area contributed by atoms with Gasteiger partial charge in [-0.3, -0.25) is 4.68 Å². The normalized spacial score (nSPS) is 12.6. The minimum atomic E-state index is 0.0682. The SMILES string of the molecule is CCCNC(c1cc(Cl)ccc1C)c1cnnn1C. The van der Waals surface area contributed by atoms with Gasteiger partial charge < -0.3 is 5.32 Å². The molecule has 0 radical (unpaired) electrons. The average molecular weight is 279 g/mol. The molecule has 0 amide bonds. The van der Waals surface area contributed by atoms with E-state index in [-0.39, 0.29) is 6.04 Å². The lowest BCUT2D eigenvalue weighted by Crippen LogP contribution is -2.26. The van der Waals surface area contributed by atoms with Crippen LogP contribution in [0.25, 0.3) is 0 Å². The van der Waals surface area contributed by atoms with E-state index in [1.54, 1.807) is 10.9 Å². The Balaban J connectivity index is 2.42. The van der Waals surface area contributed by atoms with Crippen LogP contribution in [0.3, 0.4) is 0 Å². The van der Waals surface area contributed by atoms with Crippen molar-refractivity contribution in [3.63, 3.8) is 0 Å². The summed E-state index contributed by atoms with van der Waals surface area (Å²) in [6, 6.07) is 6.04. The highest BCUT2D eigenvalue weighted by Gasteiger charge is 2.19. The Bertz CT molecular complexity index is 550. The molecule has 1 heterocycles. The van der Waals surface area contributed by atoms with Crippen LogP contribution in [0.1, 0.15) is 36.2 Å². The Morgan fingerprint density at radius 2 is 2.21 bits per heavy atom. The summed E-state index contributed by atoms with van der Waals surface area (Å²) in [5.41, 5.74) is 3.42. The topological polar surface area (TPSA) is 42.7 Å². The van der Waals surface area contributed by atoms with Crippen molar-refractivity contribution in [2.24, 2.45) is 7.05 Å². The second-order valence-electron chi connectivity index (χ2n) is 4.67. The molecule has 0 aliphatic rings. The fourth-order valence-corrected chi connectivity index (χ4v) is 2.32. The zero-order chi connectivity index (χ0) is 13.8. The molecule has 5 heteroatoms. The highest BCUT2D eigenvalue weighted by Crippen LogP contribution is 2.26. The smallest absolute Gasteiger partial charge is 0.0798 e. The molecule has 1 aromatic heterocycles. The summed E-state index contributed by atoms with van der Waals surface area (Å²) < 4.78 is 1.80. The predicted molar refractivity (Wildman–Crippen MR) is 77.3 cm³/mol. The summed E-state index contributed by atoms with van der Waals surface area (Å²) in [5, 5.41) is 12.3. The third-order valence-corrected chi connectivity index (χ3v) is 3.43. The van der Waals surface area contributed by atoms with Crippen molar-refractivity contribution in [3.8, 4) is 0 Å². The molecule has 4 nitrogen and oxygen atoms in total. The van der Waals surface area contributed by atoms with Gasteiger partial charge in [0.1, 0.15) is 0 Å². The number of nitrogens with one attached hydrogen (secondary N) is 1. The van der Waals surface area contributed by atoms with E-state index in [0.717, 1.165) is 23.7 Å². The first-order valence-corrected chi connectivity index (χ1v) is 6.85. The molecule has 1 N–H and O–H groups in total. The van der Waals surface area contributed by atoms with Crippen molar-refractivity contribution >= 4 is 11.6 Å². The van der Waals surface area contributed by atoms with Gasteiger partial charge >= 0.3 is 0 Å². The zero-order valence-electron chi connectivity index (χ0n) is 11.5. The van der Waals surface area contributed by atoms with E-state index < -0.39 is 0 Å². The molecule has 1 atom stereocenters. The number of nitrogens with zero attached hydrogens (tertiary/aromatic N) is 3. The van der Waals surface area contributed by atoms with E-state index in [2.05, 4.69) is 29.5 Å². The Morgan fingerprint density at radius 3 is 2.84 bits per heavy atom. The molecule has 2 aromatic rings. The summed E-state index contributed by atoms with van der Waals surface area (Å²) >= 11 is 6.13. The molecule has 0 bridgehead atoms. The Kier molecular flexibility index (Phi) is 4.56. The van der Waals surface area contributed by atoms with Gasteiger partial charge in [-0.1, -0.05) is 29.8 Å². The fraction of sp³-hybridized carbons (Fsp3) is 0.429. The van der Waals surface area contributed by atoms with E-state index in [1.165, 1.54) is 11.1 Å². The molecule has 102 valence electrons. The highest BCUT2D eigenvalue weighted by atomic mass is 35.5. The van der Waals surface area contributed by atoms with Crippen molar-refractivity contribution in [2.45, 2.75) is 26.3 Å². The highest BCUT2D eigenvalue weighted by molar-refractivity contribution is 6.30. The molecule has 19 heavy (non-hydrogen) atoms. The first kappa shape index (κ1) is 14.0. The van der Waals surface area contributed by atoms with E-state index in [1.807, 2.05) is 25.2 Å². The van der Waals surface area contributed by atoms with Crippen molar-refractivity contribution in [3.05, 3.63) is 46.2 Å². The quantitative estimate of drug-likeness (QED) is 0.914. The monoisotopic (exact) mass is 278 g/mol. The van der Waals surface area contributed by atoms with Crippen LogP contribution in [0.4, 0.5) is 0 Å². The lowest BCUT2D eigenvalue weighted by molar-refractivity contribution is 0.549. The van der Waals surface area contributed by atoms with E-state index in [0.29, 0.717) is 0 Å². The van der Waals surface area contributed by atoms with Gasteiger partial charge in [0.05, 0.1) is 17.9 Å². The first-order valence-electron chi connectivity index (χ1n) is 6.47. The van der Waals surface area contributed by atoms with E-state index in [9.17, 15) is 0 Å². The number of hydrogen-bond donors (Lipinski definition) is 1. The van der Waals surface area contributed by atoms with Crippen molar-refractivity contribution < 1.29 is 0 Å². The number of benzene rings is 1. The van der Waals surface area contributed by atoms with Crippen LogP contribution in [-0.2, 0) is 7.05 Å². The van der Waals surface area contributed by atoms with E-state index in [4.69, 9.17) is 11.6 Å². The second-order valence-corrected chi connectivity index (χ2v) is 5.11. The molecule has 1 aromatic carbocycles. The average Bonchev–Trinajstić information content (AvgIpc) is 2.80. The van der Waals surface area contributed by atoms with Crippen LogP contribution in [0.5, 0.6) is 0 Å². The Hall–Kier alpha value is -1.39. The molecule has 0 aliphatic heterocycles. The fourth-order valence-electron chi connectivity index (χ4n) is 2.14. The lowest BCUT2D eigenvalue weighted by Gasteiger charge is -2.21. The third-order valence-electron chi connectivity index (χ3n) is 3.20. The van der Waals surface area contributed by atoms with Crippen molar-refractivity contribution in [1.29, 1.82) is 0 Å². The molecular formula is C14H19ClN4. The molecular weight excluding hydrogens is 260 g/mol. The van der Waals surface area contributed by atoms with E-state index >= 15 is 0 Å². The predicted octanol–water partition coefficient (Wildman–Crippen LogP) is 2.87. The number of rotatable bonds is 5. The van der Waals surface area contributed by atoms with Crippen LogP contribution >= 0.6 is 11.6 Å². The Morgan fingerprint density at radius 1 is 1.42 bits per heavy atom. The van der Waals surface area contributed by atoms with Gasteiger partial charge in [0.2, 0.25) is 0 Å². The number of halogens is 1. The van der Waals surface area contributed by atoms with Crippen LogP contribution in [0, 0.1) is 6.92 Å². The number of hydrogen-bond acceptors (Lipinski definition) is 3. The molecule has 0 saturated heterocycles. The number of aryl methyl sites for hydroxylation is 2. The maximum Gasteiger partial charge on any atom is 0.0798 e. The Labute approximate surface area is 118 Å². The van der Waals surface area contributed by atoms with Gasteiger partial charge in [-0.2, -0.15) is 0 Å². The maximum absolute atomic E-state index is 6.13. The van der Waals surface area contributed by atoms with Gasteiger partial charge in [-0.15, -0.1) is 5.10 Å². The summed E-state index contributed by atoms with van der Waals surface area (Å²) in [4.78, 5) is 0. The standard InChI is InChI=1S/C14H19ClN4/c1-4-7-16-14(13-9-17-18-19(13)3)12-8-11(15)6-5-10(12)2/h5-6,8-9,14,16H,4,7H2,1-3H3. The zero-order valence-corrected chi connectivity index (χ0v) is 12.3. The molecule has 2 rings (SSSR count). The molecule has 0 fully saturated rings. The van der Waals surface area contributed by atoms with Gasteiger partial charge in [0.15, 0.2) is 0 Å². The van der Waals surface area contributed by atoms with Crippen LogP contribution in [0.15, 0.2) is 24.4 Å². The minimum Gasteiger partial charge on any atom is -0.305 e. The maximum atomic E-state index is 6.13. The van der Waals surface area contributed by atoms with Crippen molar-refractivity contribution in [1.82, 2.24) is 20.3 Å². The molecule has 0 saturated carbocycles. The van der Waals surface area contributed by atoms with Gasteiger partial charge in [-0.25, -0.2) is 0 Å². The van der Waals surface area contributed by atoms with Gasteiger partial charge in [0.25, 0.3) is 0 Å². The van der Waals surface area contributed by atoms with Crippen molar-refractivity contribution in [2.75, 3.05) is 6.54 Å². The second kappa shape index (κ2) is 6.17. The van der Waals surface area contributed by atoms with Crippen LogP contribution in [-0.4, -0.2) is 21.5 Å². The van der Waals surface area contributed by atoms with Crippen LogP contribution in [0.2, 0.25) is 5.02 Å². The summed E-state index contributed by atoms with van der Waals surface area (Å²) in [6.07, 6.45) is 2.87. The molecule has 0 aliphatic carbocycles. The minimum absolute atomic E-state index is 0.0682. The van der Waals surface area contributed by atoms with Gasteiger partial charge in [0, 0.05) is 12.1 Å².